The van der Waals surface area contributed by atoms with E-state index in [2.05, 4.69) is 19.1 Å². The summed E-state index contributed by atoms with van der Waals surface area (Å²) in [5.41, 5.74) is 0. The number of carboxylic acids is 3. The fraction of sp³-hybridized carbons (Fsp3) is 0.828. The van der Waals surface area contributed by atoms with Gasteiger partial charge in [0.05, 0.1) is 12.5 Å². The molecular formula is C29H53NO6. The lowest BCUT2D eigenvalue weighted by atomic mass is 10.0. The van der Waals surface area contributed by atoms with Crippen LogP contribution < -0.4 is 5.11 Å². The molecule has 0 saturated carbocycles. The van der Waals surface area contributed by atoms with E-state index in [-0.39, 0.29) is 6.54 Å². The largest absolute Gasteiger partial charge is 0.544 e. The van der Waals surface area contributed by atoms with E-state index >= 15 is 0 Å². The first-order valence-corrected chi connectivity index (χ1v) is 14.4. The minimum absolute atomic E-state index is 0.225. The van der Waals surface area contributed by atoms with E-state index < -0.39 is 42.0 Å². The monoisotopic (exact) mass is 511 g/mol. The Bertz CT molecular complexity index is 564. The summed E-state index contributed by atoms with van der Waals surface area (Å²) in [7, 11) is 0. The number of carbonyl (C=O) groups excluding carboxylic acids is 1. The van der Waals surface area contributed by atoms with Crippen LogP contribution in [0.5, 0.6) is 0 Å². The molecule has 0 unspecified atom stereocenters. The molecule has 2 N–H and O–H groups in total. The molecule has 0 atom stereocenters. The number of unbranched alkanes of at least 4 members (excludes halogenated alkanes) is 17. The molecule has 36 heavy (non-hydrogen) atoms. The summed E-state index contributed by atoms with van der Waals surface area (Å²) in [4.78, 5) is 33.4. The molecule has 0 fully saturated rings. The molecule has 0 aliphatic carbocycles. The molecule has 0 aliphatic heterocycles. The van der Waals surface area contributed by atoms with Gasteiger partial charge in [-0.2, -0.15) is 0 Å². The summed E-state index contributed by atoms with van der Waals surface area (Å²) in [6.07, 6.45) is 27.7. The van der Waals surface area contributed by atoms with Gasteiger partial charge < -0.3 is 24.6 Å². The van der Waals surface area contributed by atoms with Crippen LogP contribution in [0.15, 0.2) is 12.2 Å². The molecule has 0 saturated heterocycles. The molecule has 0 amide bonds. The zero-order chi connectivity index (χ0) is 26.9. The third kappa shape index (κ3) is 22.6. The molecule has 0 spiro atoms. The van der Waals surface area contributed by atoms with Gasteiger partial charge in [0.1, 0.15) is 6.54 Å². The Morgan fingerprint density at radius 3 is 1.31 bits per heavy atom. The molecule has 0 aromatic rings. The van der Waals surface area contributed by atoms with Crippen molar-refractivity contribution in [3.8, 4) is 0 Å². The Morgan fingerprint density at radius 2 is 0.944 bits per heavy atom. The third-order valence-electron chi connectivity index (χ3n) is 6.80. The van der Waals surface area contributed by atoms with Crippen LogP contribution in [-0.4, -0.2) is 58.8 Å². The van der Waals surface area contributed by atoms with Crippen LogP contribution in [0, 0.1) is 0 Å². The number of allylic oxidation sites excluding steroid dienone is 2. The zero-order valence-corrected chi connectivity index (χ0v) is 22.9. The summed E-state index contributed by atoms with van der Waals surface area (Å²) < 4.78 is -0.497. The highest BCUT2D eigenvalue weighted by molar-refractivity contribution is 5.72. The molecule has 0 aromatic carbocycles. The maximum absolute atomic E-state index is 11.2. The Balaban J connectivity index is 3.66. The molecule has 0 radical (unpaired) electrons. The topological polar surface area (TPSA) is 115 Å². The summed E-state index contributed by atoms with van der Waals surface area (Å²) >= 11 is 0. The number of hydrogen-bond acceptors (Lipinski definition) is 4. The number of hydrogen-bond donors (Lipinski definition) is 2. The van der Waals surface area contributed by atoms with Crippen molar-refractivity contribution < 1.29 is 34.2 Å². The lowest BCUT2D eigenvalue weighted by Gasteiger charge is -2.36. The molecule has 0 aliphatic rings. The van der Waals surface area contributed by atoms with Crippen molar-refractivity contribution in [2.45, 2.75) is 129 Å². The first kappa shape index (κ1) is 34.1. The maximum Gasteiger partial charge on any atom is 0.359 e. The van der Waals surface area contributed by atoms with Crippen LogP contribution >= 0.6 is 0 Å². The van der Waals surface area contributed by atoms with E-state index in [9.17, 15) is 19.5 Å². The highest BCUT2D eigenvalue weighted by atomic mass is 16.4. The van der Waals surface area contributed by atoms with E-state index in [0.717, 1.165) is 19.3 Å². The van der Waals surface area contributed by atoms with E-state index in [1.54, 1.807) is 0 Å². The van der Waals surface area contributed by atoms with Crippen molar-refractivity contribution in [2.24, 2.45) is 0 Å². The Kier molecular flexibility index (Phi) is 22.3. The maximum atomic E-state index is 11.2. The van der Waals surface area contributed by atoms with Gasteiger partial charge >= 0.3 is 11.9 Å². The van der Waals surface area contributed by atoms with E-state index in [4.69, 9.17) is 10.2 Å². The van der Waals surface area contributed by atoms with Crippen molar-refractivity contribution in [3.63, 3.8) is 0 Å². The second kappa shape index (κ2) is 23.5. The first-order chi connectivity index (χ1) is 17.3. The third-order valence-corrected chi connectivity index (χ3v) is 6.80. The van der Waals surface area contributed by atoms with Gasteiger partial charge in [-0.3, -0.25) is 0 Å². The summed E-state index contributed by atoms with van der Waals surface area (Å²) in [5, 5.41) is 29.3. The number of quaternary nitrogens is 1. The molecule has 0 bridgehead atoms. The van der Waals surface area contributed by atoms with Crippen molar-refractivity contribution in [1.82, 2.24) is 0 Å². The number of aliphatic carboxylic acids is 3. The highest BCUT2D eigenvalue weighted by Gasteiger charge is 2.33. The Labute approximate surface area is 219 Å². The van der Waals surface area contributed by atoms with E-state index in [0.29, 0.717) is 6.42 Å². The quantitative estimate of drug-likeness (QED) is 0.0829. The molecular weight excluding hydrogens is 458 g/mol. The molecule has 0 aromatic heterocycles. The number of carbonyl (C=O) groups is 3. The van der Waals surface area contributed by atoms with Crippen LogP contribution in [-0.2, 0) is 14.4 Å². The molecule has 7 nitrogen and oxygen atoms in total. The van der Waals surface area contributed by atoms with Crippen molar-refractivity contribution in [1.29, 1.82) is 0 Å². The van der Waals surface area contributed by atoms with Crippen molar-refractivity contribution in [3.05, 3.63) is 12.2 Å². The van der Waals surface area contributed by atoms with Crippen LogP contribution in [0.4, 0.5) is 0 Å². The fourth-order valence-corrected chi connectivity index (χ4v) is 4.82. The van der Waals surface area contributed by atoms with Crippen LogP contribution in [0.3, 0.4) is 0 Å². The number of nitrogens with zero attached hydrogens (tertiary/aromatic N) is 1. The Hall–Kier alpha value is -1.89. The zero-order valence-electron chi connectivity index (χ0n) is 22.9. The summed E-state index contributed by atoms with van der Waals surface area (Å²) in [6, 6.07) is 0. The Morgan fingerprint density at radius 1 is 0.583 bits per heavy atom. The highest BCUT2D eigenvalue weighted by Crippen LogP contribution is 2.15. The standard InChI is InChI=1S/C29H53NO6/c1-2-3-4-5-6-7-8-9-10-11-12-13-14-15-16-17-18-19-20-21-22-23-30(24-27(31)32,25-28(33)34)26-29(35)36/h5-6H,2-4,7-26H2,1H3,(H2-,31,32,33,34,35,36)/b6-5+. The molecule has 0 heterocycles. The van der Waals surface area contributed by atoms with Gasteiger partial charge in [-0.05, 0) is 32.1 Å². The normalized spacial score (nSPS) is 11.8. The fourth-order valence-electron chi connectivity index (χ4n) is 4.82. The van der Waals surface area contributed by atoms with E-state index in [1.807, 2.05) is 0 Å². The van der Waals surface area contributed by atoms with Gasteiger partial charge in [-0.15, -0.1) is 0 Å². The minimum atomic E-state index is -1.42. The number of carboxylic acid groups (broad SMARTS) is 3. The van der Waals surface area contributed by atoms with Crippen molar-refractivity contribution >= 4 is 17.9 Å². The van der Waals surface area contributed by atoms with Crippen molar-refractivity contribution in [2.75, 3.05) is 26.2 Å². The van der Waals surface area contributed by atoms with Gasteiger partial charge in [0.25, 0.3) is 0 Å². The average Bonchev–Trinajstić information content (AvgIpc) is 2.78. The molecule has 0 rings (SSSR count). The SMILES string of the molecule is CCCC/C=C/CCCCCCCCCCCCCCCCC[N+](CC(=O)[O-])(CC(=O)O)CC(=O)O. The minimum Gasteiger partial charge on any atom is -0.544 e. The van der Waals surface area contributed by atoms with Gasteiger partial charge in [0.15, 0.2) is 13.1 Å². The summed E-state index contributed by atoms with van der Waals surface area (Å²) in [6.45, 7) is 0.837. The smallest absolute Gasteiger partial charge is 0.359 e. The lowest BCUT2D eigenvalue weighted by Crippen LogP contribution is -2.59. The lowest BCUT2D eigenvalue weighted by molar-refractivity contribution is -0.909. The molecule has 7 heteroatoms. The van der Waals surface area contributed by atoms with Gasteiger partial charge in [0.2, 0.25) is 0 Å². The number of rotatable bonds is 27. The van der Waals surface area contributed by atoms with Gasteiger partial charge in [0, 0.05) is 0 Å². The average molecular weight is 512 g/mol. The van der Waals surface area contributed by atoms with Crippen LogP contribution in [0.1, 0.15) is 129 Å². The van der Waals surface area contributed by atoms with Crippen LogP contribution in [0.2, 0.25) is 0 Å². The van der Waals surface area contributed by atoms with Crippen LogP contribution in [0.25, 0.3) is 0 Å². The predicted octanol–water partition coefficient (Wildman–Crippen LogP) is 5.71. The van der Waals surface area contributed by atoms with Gasteiger partial charge in [-0.25, -0.2) is 9.59 Å². The van der Waals surface area contributed by atoms with Gasteiger partial charge in [-0.1, -0.05) is 109 Å². The van der Waals surface area contributed by atoms with E-state index in [1.165, 1.54) is 96.3 Å². The second-order valence-electron chi connectivity index (χ2n) is 10.4. The molecule has 210 valence electrons. The second-order valence-corrected chi connectivity index (χ2v) is 10.4. The summed E-state index contributed by atoms with van der Waals surface area (Å²) in [5.74, 6) is -3.81. The first-order valence-electron chi connectivity index (χ1n) is 14.4. The predicted molar refractivity (Wildman–Crippen MR) is 143 cm³/mol.